The molecule has 0 radical (unpaired) electrons. The third-order valence-electron chi connectivity index (χ3n) is 2.72. The fraction of sp³-hybridized carbons (Fsp3) is 0.467. The first-order valence-corrected chi connectivity index (χ1v) is 6.34. The monoisotopic (exact) mass is 264 g/mol. The van der Waals surface area contributed by atoms with Crippen LogP contribution in [0.15, 0.2) is 12.1 Å². The summed E-state index contributed by atoms with van der Waals surface area (Å²) < 4.78 is 5.60. The summed E-state index contributed by atoms with van der Waals surface area (Å²) in [5.74, 6) is -0.350. The van der Waals surface area contributed by atoms with Crippen LogP contribution in [0, 0.1) is 13.8 Å². The first kappa shape index (κ1) is 15.2. The van der Waals surface area contributed by atoms with Gasteiger partial charge < -0.3 is 9.84 Å². The number of ketones is 1. The van der Waals surface area contributed by atoms with Crippen molar-refractivity contribution in [3.63, 3.8) is 0 Å². The summed E-state index contributed by atoms with van der Waals surface area (Å²) in [6.45, 7) is 7.57. The van der Waals surface area contributed by atoms with Crippen molar-refractivity contribution in [2.75, 3.05) is 0 Å². The third kappa shape index (κ3) is 4.39. The second kappa shape index (κ2) is 6.36. The van der Waals surface area contributed by atoms with Crippen LogP contribution in [0.2, 0.25) is 0 Å². The number of aryl methyl sites for hydroxylation is 2. The van der Waals surface area contributed by atoms with E-state index in [1.807, 2.05) is 39.8 Å². The van der Waals surface area contributed by atoms with Crippen molar-refractivity contribution in [3.05, 3.63) is 28.8 Å². The van der Waals surface area contributed by atoms with E-state index in [-0.39, 0.29) is 24.7 Å². The molecule has 19 heavy (non-hydrogen) atoms. The zero-order valence-corrected chi connectivity index (χ0v) is 11.8. The van der Waals surface area contributed by atoms with Crippen LogP contribution in [0.25, 0.3) is 0 Å². The van der Waals surface area contributed by atoms with Crippen molar-refractivity contribution < 1.29 is 19.4 Å². The highest BCUT2D eigenvalue weighted by molar-refractivity contribution is 6.00. The van der Waals surface area contributed by atoms with Gasteiger partial charge in [0.25, 0.3) is 0 Å². The molecule has 0 saturated carbocycles. The van der Waals surface area contributed by atoms with Crippen LogP contribution in [0.5, 0.6) is 5.75 Å². The second-order valence-corrected chi connectivity index (χ2v) is 4.92. The van der Waals surface area contributed by atoms with Crippen LogP contribution in [0.3, 0.4) is 0 Å². The second-order valence-electron chi connectivity index (χ2n) is 4.92. The molecule has 1 aromatic rings. The van der Waals surface area contributed by atoms with Crippen LogP contribution < -0.4 is 4.74 Å². The van der Waals surface area contributed by atoms with Gasteiger partial charge in [-0.25, -0.2) is 0 Å². The maximum Gasteiger partial charge on any atom is 0.303 e. The molecule has 4 nitrogen and oxygen atoms in total. The number of carboxylic acids is 1. The average Bonchev–Trinajstić information content (AvgIpc) is 2.24. The molecule has 0 aromatic heterocycles. The van der Waals surface area contributed by atoms with Gasteiger partial charge in [0.2, 0.25) is 0 Å². The Hall–Kier alpha value is -1.84. The first-order chi connectivity index (χ1) is 8.81. The van der Waals surface area contributed by atoms with Crippen LogP contribution >= 0.6 is 0 Å². The van der Waals surface area contributed by atoms with E-state index >= 15 is 0 Å². The van der Waals surface area contributed by atoms with Crippen molar-refractivity contribution in [2.24, 2.45) is 0 Å². The van der Waals surface area contributed by atoms with Crippen molar-refractivity contribution in [1.82, 2.24) is 0 Å². The van der Waals surface area contributed by atoms with E-state index in [1.54, 1.807) is 0 Å². The van der Waals surface area contributed by atoms with E-state index in [2.05, 4.69) is 0 Å². The molecule has 0 aliphatic rings. The molecule has 1 rings (SSSR count). The van der Waals surface area contributed by atoms with E-state index in [4.69, 9.17) is 9.84 Å². The number of hydrogen-bond acceptors (Lipinski definition) is 3. The van der Waals surface area contributed by atoms with Crippen molar-refractivity contribution >= 4 is 11.8 Å². The van der Waals surface area contributed by atoms with E-state index in [9.17, 15) is 9.59 Å². The predicted molar refractivity (Wildman–Crippen MR) is 72.9 cm³/mol. The summed E-state index contributed by atoms with van der Waals surface area (Å²) in [5.41, 5.74) is 2.26. The van der Waals surface area contributed by atoms with Crippen molar-refractivity contribution in [1.29, 1.82) is 0 Å². The summed E-state index contributed by atoms with van der Waals surface area (Å²) >= 11 is 0. The topological polar surface area (TPSA) is 63.6 Å². The molecule has 0 saturated heterocycles. The summed E-state index contributed by atoms with van der Waals surface area (Å²) in [6, 6.07) is 3.64. The minimum atomic E-state index is -0.955. The fourth-order valence-corrected chi connectivity index (χ4v) is 2.05. The number of Topliss-reactive ketones (excluding diaryl/α,β-unsaturated/α-hetero) is 1. The lowest BCUT2D eigenvalue weighted by molar-refractivity contribution is -0.136. The maximum atomic E-state index is 12.0. The smallest absolute Gasteiger partial charge is 0.303 e. The Kier molecular flexibility index (Phi) is 5.10. The third-order valence-corrected chi connectivity index (χ3v) is 2.72. The number of benzene rings is 1. The largest absolute Gasteiger partial charge is 0.491 e. The number of hydrogen-bond donors (Lipinski definition) is 1. The quantitative estimate of drug-likeness (QED) is 0.802. The van der Waals surface area contributed by atoms with Gasteiger partial charge in [-0.05, 0) is 51.0 Å². The van der Waals surface area contributed by atoms with Gasteiger partial charge >= 0.3 is 5.97 Å². The van der Waals surface area contributed by atoms with Crippen LogP contribution in [-0.2, 0) is 4.79 Å². The molecule has 0 unspecified atom stereocenters. The van der Waals surface area contributed by atoms with Gasteiger partial charge in [-0.1, -0.05) is 0 Å². The molecule has 0 amide bonds. The summed E-state index contributed by atoms with van der Waals surface area (Å²) in [5, 5.41) is 8.62. The molecule has 104 valence electrons. The van der Waals surface area contributed by atoms with Crippen LogP contribution in [0.1, 0.15) is 48.2 Å². The normalized spacial score (nSPS) is 10.6. The zero-order chi connectivity index (χ0) is 14.6. The summed E-state index contributed by atoms with van der Waals surface area (Å²) in [6.07, 6.45) is -0.0315. The molecule has 1 aromatic carbocycles. The molecule has 1 N–H and O–H groups in total. The Morgan fingerprint density at radius 2 is 1.68 bits per heavy atom. The van der Waals surface area contributed by atoms with Crippen LogP contribution in [0.4, 0.5) is 0 Å². The molecule has 0 bridgehead atoms. The lowest BCUT2D eigenvalue weighted by Crippen LogP contribution is -2.10. The van der Waals surface area contributed by atoms with Crippen molar-refractivity contribution in [3.8, 4) is 5.75 Å². The number of carbonyl (C=O) groups excluding carboxylic acids is 1. The van der Waals surface area contributed by atoms with Gasteiger partial charge in [-0.15, -0.1) is 0 Å². The van der Waals surface area contributed by atoms with E-state index in [0.717, 1.165) is 16.9 Å². The molecule has 0 atom stereocenters. The SMILES string of the molecule is Cc1cc(OC(C)C)cc(C)c1C(=O)CCC(=O)O. The molecular weight excluding hydrogens is 244 g/mol. The predicted octanol–water partition coefficient (Wildman–Crippen LogP) is 3.14. The standard InChI is InChI=1S/C15H20O4/c1-9(2)19-12-7-10(3)15(11(4)8-12)13(16)5-6-14(17)18/h7-9H,5-6H2,1-4H3,(H,17,18). The molecule has 0 heterocycles. The van der Waals surface area contributed by atoms with Gasteiger partial charge in [0, 0.05) is 12.0 Å². The van der Waals surface area contributed by atoms with Gasteiger partial charge in [0.05, 0.1) is 12.5 Å². The highest BCUT2D eigenvalue weighted by Crippen LogP contribution is 2.24. The van der Waals surface area contributed by atoms with Crippen molar-refractivity contribution in [2.45, 2.75) is 46.6 Å². The summed E-state index contributed by atoms with van der Waals surface area (Å²) in [7, 11) is 0. The van der Waals surface area contributed by atoms with Gasteiger partial charge in [0.1, 0.15) is 5.75 Å². The minimum absolute atomic E-state index is 0.0292. The maximum absolute atomic E-state index is 12.0. The first-order valence-electron chi connectivity index (χ1n) is 6.34. The number of carboxylic acid groups (broad SMARTS) is 1. The number of rotatable bonds is 6. The Labute approximate surface area is 113 Å². The Bertz CT molecular complexity index is 466. The van der Waals surface area contributed by atoms with Crippen LogP contribution in [-0.4, -0.2) is 23.0 Å². The molecule has 0 aliphatic carbocycles. The Morgan fingerprint density at radius 1 is 1.16 bits per heavy atom. The van der Waals surface area contributed by atoms with Gasteiger partial charge in [-0.2, -0.15) is 0 Å². The van der Waals surface area contributed by atoms with Gasteiger partial charge in [0.15, 0.2) is 5.78 Å². The molecule has 0 fully saturated rings. The highest BCUT2D eigenvalue weighted by Gasteiger charge is 2.15. The summed E-state index contributed by atoms with van der Waals surface area (Å²) in [4.78, 5) is 22.5. The zero-order valence-electron chi connectivity index (χ0n) is 11.8. The lowest BCUT2D eigenvalue weighted by atomic mass is 9.96. The minimum Gasteiger partial charge on any atom is -0.491 e. The number of ether oxygens (including phenoxy) is 1. The molecule has 0 spiro atoms. The Balaban J connectivity index is 2.96. The molecule has 4 heteroatoms. The number of carbonyl (C=O) groups is 2. The fourth-order valence-electron chi connectivity index (χ4n) is 2.05. The number of aliphatic carboxylic acids is 1. The van der Waals surface area contributed by atoms with Gasteiger partial charge in [-0.3, -0.25) is 9.59 Å². The molecular formula is C15H20O4. The van der Waals surface area contributed by atoms with E-state index < -0.39 is 5.97 Å². The average molecular weight is 264 g/mol. The van der Waals surface area contributed by atoms with E-state index in [1.165, 1.54) is 0 Å². The lowest BCUT2D eigenvalue weighted by Gasteiger charge is -2.14. The highest BCUT2D eigenvalue weighted by atomic mass is 16.5. The van der Waals surface area contributed by atoms with E-state index in [0.29, 0.717) is 5.56 Å². The Morgan fingerprint density at radius 3 is 2.11 bits per heavy atom. The molecule has 0 aliphatic heterocycles.